The first-order valence-electron chi connectivity index (χ1n) is 6.98. The highest BCUT2D eigenvalue weighted by molar-refractivity contribution is 5.53. The van der Waals surface area contributed by atoms with Gasteiger partial charge in [-0.1, -0.05) is 35.8 Å². The van der Waals surface area contributed by atoms with E-state index in [1.165, 1.54) is 5.57 Å². The van der Waals surface area contributed by atoms with Crippen molar-refractivity contribution < 1.29 is 10.2 Å². The van der Waals surface area contributed by atoms with Crippen molar-refractivity contribution >= 4 is 0 Å². The highest BCUT2D eigenvalue weighted by atomic mass is 16.3. The molecule has 1 atom stereocenters. The molecule has 2 aliphatic carbocycles. The first-order valence-corrected chi connectivity index (χ1v) is 6.98. The summed E-state index contributed by atoms with van der Waals surface area (Å²) < 4.78 is 0. The predicted molar refractivity (Wildman–Crippen MR) is 80.5 cm³/mol. The molecule has 0 bridgehead atoms. The average Bonchev–Trinajstić information content (AvgIpc) is 2.43. The first kappa shape index (κ1) is 14.7. The van der Waals surface area contributed by atoms with Crippen molar-refractivity contribution in [3.63, 3.8) is 0 Å². The number of fused-ring (bicyclic) bond motifs is 1. The number of aliphatic hydroxyl groups is 2. The summed E-state index contributed by atoms with van der Waals surface area (Å²) in [5.74, 6) is 12.4. The van der Waals surface area contributed by atoms with E-state index in [2.05, 4.69) is 29.8 Å². The average molecular weight is 268 g/mol. The van der Waals surface area contributed by atoms with E-state index in [0.717, 1.165) is 24.8 Å². The van der Waals surface area contributed by atoms with Crippen molar-refractivity contribution in [2.24, 2.45) is 5.41 Å². The Balaban J connectivity index is 2.50. The fraction of sp³-hybridized carbons (Fsp3) is 0.444. The quantitative estimate of drug-likeness (QED) is 0.755. The lowest BCUT2D eigenvalue weighted by Gasteiger charge is -2.17. The van der Waals surface area contributed by atoms with Crippen LogP contribution in [-0.2, 0) is 0 Å². The third-order valence-electron chi connectivity index (χ3n) is 3.38. The first-order chi connectivity index (χ1) is 9.52. The van der Waals surface area contributed by atoms with Crippen LogP contribution in [0.15, 0.2) is 34.9 Å². The lowest BCUT2D eigenvalue weighted by Crippen LogP contribution is -2.17. The maximum absolute atomic E-state index is 9.89. The molecule has 104 valence electrons. The van der Waals surface area contributed by atoms with Crippen molar-refractivity contribution in [3.05, 3.63) is 34.9 Å². The van der Waals surface area contributed by atoms with Crippen LogP contribution in [0.2, 0.25) is 0 Å². The van der Waals surface area contributed by atoms with Gasteiger partial charge in [0.2, 0.25) is 0 Å². The Morgan fingerprint density at radius 1 is 1.35 bits per heavy atom. The molecule has 0 aliphatic heterocycles. The molecule has 0 aromatic carbocycles. The van der Waals surface area contributed by atoms with Gasteiger partial charge in [0, 0.05) is 16.6 Å². The smallest absolute Gasteiger partial charge is 0.109 e. The zero-order chi connectivity index (χ0) is 14.6. The van der Waals surface area contributed by atoms with Gasteiger partial charge in [0.15, 0.2) is 0 Å². The molecule has 0 radical (unpaired) electrons. The van der Waals surface area contributed by atoms with E-state index in [1.807, 2.05) is 26.0 Å². The minimum Gasteiger partial charge on any atom is -0.393 e. The zero-order valence-corrected chi connectivity index (χ0v) is 12.0. The summed E-state index contributed by atoms with van der Waals surface area (Å²) in [6.07, 6.45) is 8.14. The van der Waals surface area contributed by atoms with Crippen molar-refractivity contribution in [2.45, 2.75) is 39.2 Å². The van der Waals surface area contributed by atoms with Gasteiger partial charge in [-0.25, -0.2) is 0 Å². The van der Waals surface area contributed by atoms with Crippen LogP contribution in [0, 0.1) is 29.1 Å². The maximum atomic E-state index is 9.89. The number of hydrogen-bond acceptors (Lipinski definition) is 2. The van der Waals surface area contributed by atoms with Crippen LogP contribution in [0.1, 0.15) is 33.1 Å². The Bertz CT molecular complexity index is 595. The summed E-state index contributed by atoms with van der Waals surface area (Å²) in [7, 11) is 0. The molecule has 2 nitrogen and oxygen atoms in total. The van der Waals surface area contributed by atoms with Crippen LogP contribution in [0.5, 0.6) is 0 Å². The summed E-state index contributed by atoms with van der Waals surface area (Å²) in [6, 6.07) is 0. The van der Waals surface area contributed by atoms with Crippen LogP contribution in [0.25, 0.3) is 0 Å². The Kier molecular flexibility index (Phi) is 4.50. The van der Waals surface area contributed by atoms with E-state index in [4.69, 9.17) is 5.11 Å². The van der Waals surface area contributed by atoms with Crippen LogP contribution >= 0.6 is 0 Å². The van der Waals surface area contributed by atoms with Crippen LogP contribution in [0.3, 0.4) is 0 Å². The zero-order valence-electron chi connectivity index (χ0n) is 12.0. The minimum absolute atomic E-state index is 0.328. The molecule has 0 unspecified atom stereocenters. The molecule has 0 aromatic heterocycles. The van der Waals surface area contributed by atoms with E-state index >= 15 is 0 Å². The monoisotopic (exact) mass is 268 g/mol. The standard InChI is InChI=1S/C18H20O2/c1-18(2)11-5-8-14-6-3-4-7-15(14)9-10-16(12-18)17(20)13-19/h7-8,12,17,19-20H,3-4,6,13H2,1-2H3/b14-8-,16-12+/t17-/m1/s1. The molecule has 2 aliphatic rings. The van der Waals surface area contributed by atoms with E-state index in [0.29, 0.717) is 5.57 Å². The number of rotatable bonds is 2. The Morgan fingerprint density at radius 3 is 2.90 bits per heavy atom. The van der Waals surface area contributed by atoms with E-state index in [-0.39, 0.29) is 12.0 Å². The highest BCUT2D eigenvalue weighted by Crippen LogP contribution is 2.25. The van der Waals surface area contributed by atoms with Gasteiger partial charge in [-0.3, -0.25) is 0 Å². The molecular formula is C18H20O2. The van der Waals surface area contributed by atoms with E-state index in [1.54, 1.807) is 0 Å². The van der Waals surface area contributed by atoms with Gasteiger partial charge in [-0.2, -0.15) is 0 Å². The number of hydrogen-bond donors (Lipinski definition) is 2. The third kappa shape index (κ3) is 3.64. The van der Waals surface area contributed by atoms with Gasteiger partial charge in [0.05, 0.1) is 6.61 Å². The van der Waals surface area contributed by atoms with Gasteiger partial charge in [0.25, 0.3) is 0 Å². The van der Waals surface area contributed by atoms with Gasteiger partial charge in [-0.15, -0.1) is 0 Å². The second kappa shape index (κ2) is 6.14. The van der Waals surface area contributed by atoms with Crippen LogP contribution in [0.4, 0.5) is 0 Å². The summed E-state index contributed by atoms with van der Waals surface area (Å²) >= 11 is 0. The molecule has 0 heterocycles. The normalized spacial score (nSPS) is 26.9. The van der Waals surface area contributed by atoms with Crippen molar-refractivity contribution in [2.75, 3.05) is 6.61 Å². The lowest BCUT2D eigenvalue weighted by atomic mass is 9.88. The summed E-state index contributed by atoms with van der Waals surface area (Å²) in [5, 5.41) is 19.0. The molecule has 0 saturated carbocycles. The van der Waals surface area contributed by atoms with Crippen molar-refractivity contribution in [3.8, 4) is 23.7 Å². The summed E-state index contributed by atoms with van der Waals surface area (Å²) in [6.45, 7) is 3.62. The van der Waals surface area contributed by atoms with Crippen molar-refractivity contribution in [1.82, 2.24) is 0 Å². The third-order valence-corrected chi connectivity index (χ3v) is 3.38. The Labute approximate surface area is 120 Å². The van der Waals surface area contributed by atoms with Crippen LogP contribution < -0.4 is 0 Å². The Hall–Kier alpha value is -1.74. The molecule has 2 N–H and O–H groups in total. The summed E-state index contributed by atoms with van der Waals surface area (Å²) in [5.41, 5.74) is 2.33. The molecule has 0 spiro atoms. The molecule has 0 amide bonds. The molecule has 0 aromatic rings. The molecule has 2 heteroatoms. The number of allylic oxidation sites excluding steroid dienone is 5. The molecular weight excluding hydrogens is 248 g/mol. The fourth-order valence-corrected chi connectivity index (χ4v) is 2.27. The molecule has 0 fully saturated rings. The molecule has 2 rings (SSSR count). The molecule has 20 heavy (non-hydrogen) atoms. The topological polar surface area (TPSA) is 40.5 Å². The number of aliphatic hydroxyl groups excluding tert-OH is 2. The highest BCUT2D eigenvalue weighted by Gasteiger charge is 2.17. The Morgan fingerprint density at radius 2 is 2.15 bits per heavy atom. The van der Waals surface area contributed by atoms with E-state index in [9.17, 15) is 5.11 Å². The van der Waals surface area contributed by atoms with Gasteiger partial charge in [-0.05, 0) is 44.8 Å². The largest absolute Gasteiger partial charge is 0.393 e. The minimum atomic E-state index is -0.945. The van der Waals surface area contributed by atoms with Gasteiger partial charge >= 0.3 is 0 Å². The van der Waals surface area contributed by atoms with Crippen LogP contribution in [-0.4, -0.2) is 22.9 Å². The van der Waals surface area contributed by atoms with Crippen molar-refractivity contribution in [1.29, 1.82) is 0 Å². The second-order valence-electron chi connectivity index (χ2n) is 5.72. The summed E-state index contributed by atoms with van der Waals surface area (Å²) in [4.78, 5) is 0. The van der Waals surface area contributed by atoms with E-state index < -0.39 is 6.10 Å². The van der Waals surface area contributed by atoms with Gasteiger partial charge < -0.3 is 10.2 Å². The molecule has 0 saturated heterocycles. The predicted octanol–water partition coefficient (Wildman–Crippen LogP) is 2.35. The maximum Gasteiger partial charge on any atom is 0.109 e. The fourth-order valence-electron chi connectivity index (χ4n) is 2.27. The second-order valence-corrected chi connectivity index (χ2v) is 5.72. The van der Waals surface area contributed by atoms with Gasteiger partial charge in [0.1, 0.15) is 6.10 Å². The lowest BCUT2D eigenvalue weighted by molar-refractivity contribution is 0.125. The SMILES string of the molecule is CC1(C)C#C/C=C2/CCCC=C2C#C/C([C@H](O)CO)=C\1.